The summed E-state index contributed by atoms with van der Waals surface area (Å²) in [6.45, 7) is 4.29. The van der Waals surface area contributed by atoms with Crippen molar-refractivity contribution in [1.82, 2.24) is 0 Å². The lowest BCUT2D eigenvalue weighted by Crippen LogP contribution is -2.32. The molecule has 1 N–H and O–H groups in total. The Balaban J connectivity index is 1.96. The number of amides is 1. The molecule has 5 heteroatoms. The Labute approximate surface area is 111 Å². The first kappa shape index (κ1) is 13.8. The van der Waals surface area contributed by atoms with E-state index in [9.17, 15) is 13.6 Å². The molecule has 1 aliphatic heterocycles. The summed E-state index contributed by atoms with van der Waals surface area (Å²) in [5, 5.41) is 2.17. The average Bonchev–Trinajstić information content (AvgIpc) is 2.40. The van der Waals surface area contributed by atoms with Crippen LogP contribution in [0.3, 0.4) is 0 Å². The lowest BCUT2D eigenvalue weighted by Gasteiger charge is -2.32. The Morgan fingerprint density at radius 3 is 2.37 bits per heavy atom. The van der Waals surface area contributed by atoms with E-state index < -0.39 is 12.3 Å². The van der Waals surface area contributed by atoms with Crippen molar-refractivity contribution >= 4 is 17.3 Å². The highest BCUT2D eigenvalue weighted by atomic mass is 19.3. The molecule has 104 valence electrons. The molecule has 0 unspecified atom stereocenters. The Morgan fingerprint density at radius 1 is 1.26 bits per heavy atom. The van der Waals surface area contributed by atoms with Crippen molar-refractivity contribution in [3.05, 3.63) is 24.3 Å². The largest absolute Gasteiger partial charge is 0.372 e. The van der Waals surface area contributed by atoms with E-state index in [1.807, 2.05) is 12.1 Å². The second kappa shape index (κ2) is 5.99. The minimum absolute atomic E-state index is 0.402. The monoisotopic (exact) mass is 268 g/mol. The molecule has 1 aromatic rings. The van der Waals surface area contributed by atoms with Crippen molar-refractivity contribution in [2.75, 3.05) is 23.3 Å². The van der Waals surface area contributed by atoms with Crippen molar-refractivity contribution in [1.29, 1.82) is 0 Å². The highest BCUT2D eigenvalue weighted by molar-refractivity contribution is 5.93. The van der Waals surface area contributed by atoms with Gasteiger partial charge in [0.1, 0.15) is 0 Å². The number of alkyl halides is 2. The number of carbonyl (C=O) groups is 1. The van der Waals surface area contributed by atoms with Crippen molar-refractivity contribution in [2.45, 2.75) is 26.2 Å². The van der Waals surface area contributed by atoms with Crippen LogP contribution in [0.1, 0.15) is 19.8 Å². The van der Waals surface area contributed by atoms with Gasteiger partial charge in [-0.25, -0.2) is 0 Å². The van der Waals surface area contributed by atoms with Crippen LogP contribution in [0.25, 0.3) is 0 Å². The minimum atomic E-state index is -2.98. The fourth-order valence-electron chi connectivity index (χ4n) is 2.22. The smallest absolute Gasteiger partial charge is 0.315 e. The van der Waals surface area contributed by atoms with Gasteiger partial charge in [0, 0.05) is 24.5 Å². The van der Waals surface area contributed by atoms with E-state index in [0.29, 0.717) is 5.69 Å². The molecular formula is C14H18F2N2O. The van der Waals surface area contributed by atoms with Crippen LogP contribution >= 0.6 is 0 Å². The Kier molecular flexibility index (Phi) is 4.35. The molecule has 0 spiro atoms. The third kappa shape index (κ3) is 3.66. The summed E-state index contributed by atoms with van der Waals surface area (Å²) in [6, 6.07) is 7.04. The van der Waals surface area contributed by atoms with Gasteiger partial charge in [0.2, 0.25) is 0 Å². The molecule has 3 nitrogen and oxygen atoms in total. The summed E-state index contributed by atoms with van der Waals surface area (Å²) in [7, 11) is 0. The SMILES string of the molecule is CC1CCN(c2ccc(NC(=O)C(F)F)cc2)CC1. The number of nitrogens with one attached hydrogen (secondary N) is 1. The highest BCUT2D eigenvalue weighted by Gasteiger charge is 2.17. The van der Waals surface area contributed by atoms with Gasteiger partial charge >= 0.3 is 6.43 Å². The van der Waals surface area contributed by atoms with E-state index in [4.69, 9.17) is 0 Å². The number of anilines is 2. The van der Waals surface area contributed by atoms with E-state index in [1.165, 1.54) is 12.8 Å². The maximum absolute atomic E-state index is 12.1. The van der Waals surface area contributed by atoms with Crippen molar-refractivity contribution in [3.63, 3.8) is 0 Å². The van der Waals surface area contributed by atoms with Gasteiger partial charge in [-0.2, -0.15) is 8.78 Å². The lowest BCUT2D eigenvalue weighted by molar-refractivity contribution is -0.126. The second-order valence-corrected chi connectivity index (χ2v) is 5.01. The van der Waals surface area contributed by atoms with Gasteiger partial charge in [-0.05, 0) is 43.0 Å². The second-order valence-electron chi connectivity index (χ2n) is 5.01. The van der Waals surface area contributed by atoms with E-state index in [-0.39, 0.29) is 0 Å². The van der Waals surface area contributed by atoms with Crippen molar-refractivity contribution in [2.24, 2.45) is 5.92 Å². The van der Waals surface area contributed by atoms with Crippen LogP contribution in [0, 0.1) is 5.92 Å². The van der Waals surface area contributed by atoms with Crippen LogP contribution in [-0.2, 0) is 4.79 Å². The number of halogens is 2. The van der Waals surface area contributed by atoms with E-state index in [0.717, 1.165) is 24.7 Å². The Hall–Kier alpha value is -1.65. The zero-order valence-corrected chi connectivity index (χ0v) is 10.9. The molecule has 0 aromatic heterocycles. The van der Waals surface area contributed by atoms with Gasteiger partial charge in [-0.15, -0.1) is 0 Å². The molecule has 0 bridgehead atoms. The first-order chi connectivity index (χ1) is 9.06. The van der Waals surface area contributed by atoms with E-state index >= 15 is 0 Å². The molecule has 0 aliphatic carbocycles. The van der Waals surface area contributed by atoms with Gasteiger partial charge in [0.25, 0.3) is 5.91 Å². The molecule has 2 rings (SSSR count). The van der Waals surface area contributed by atoms with Crippen molar-refractivity contribution < 1.29 is 13.6 Å². The normalized spacial score (nSPS) is 16.7. The summed E-state index contributed by atoms with van der Waals surface area (Å²) in [5.41, 5.74) is 1.47. The fraction of sp³-hybridized carbons (Fsp3) is 0.500. The zero-order valence-electron chi connectivity index (χ0n) is 10.9. The maximum atomic E-state index is 12.1. The molecule has 1 saturated heterocycles. The van der Waals surface area contributed by atoms with Gasteiger partial charge in [-0.3, -0.25) is 4.79 Å². The van der Waals surface area contributed by atoms with E-state index in [2.05, 4.69) is 17.1 Å². The van der Waals surface area contributed by atoms with Crippen LogP contribution in [0.15, 0.2) is 24.3 Å². The van der Waals surface area contributed by atoms with Gasteiger partial charge in [0.05, 0.1) is 0 Å². The third-order valence-corrected chi connectivity index (χ3v) is 3.48. The molecule has 1 aliphatic rings. The minimum Gasteiger partial charge on any atom is -0.372 e. The first-order valence-electron chi connectivity index (χ1n) is 6.50. The van der Waals surface area contributed by atoms with Crippen LogP contribution in [0.4, 0.5) is 20.2 Å². The average molecular weight is 268 g/mol. The maximum Gasteiger partial charge on any atom is 0.315 e. The number of piperidine rings is 1. The van der Waals surface area contributed by atoms with E-state index in [1.54, 1.807) is 12.1 Å². The predicted molar refractivity (Wildman–Crippen MR) is 71.7 cm³/mol. The highest BCUT2D eigenvalue weighted by Crippen LogP contribution is 2.24. The summed E-state index contributed by atoms with van der Waals surface area (Å²) in [5.74, 6) is -0.500. The van der Waals surface area contributed by atoms with Gasteiger partial charge in [0.15, 0.2) is 0 Å². The topological polar surface area (TPSA) is 32.3 Å². The molecular weight excluding hydrogens is 250 g/mol. The number of nitrogens with zero attached hydrogens (tertiary/aromatic N) is 1. The van der Waals surface area contributed by atoms with Crippen LogP contribution in [0.2, 0.25) is 0 Å². The quantitative estimate of drug-likeness (QED) is 0.913. The number of carbonyl (C=O) groups excluding carboxylic acids is 1. The lowest BCUT2D eigenvalue weighted by atomic mass is 9.99. The summed E-state index contributed by atoms with van der Waals surface area (Å²) in [4.78, 5) is 13.1. The Morgan fingerprint density at radius 2 is 1.84 bits per heavy atom. The third-order valence-electron chi connectivity index (χ3n) is 3.48. The molecule has 19 heavy (non-hydrogen) atoms. The van der Waals surface area contributed by atoms with Crippen molar-refractivity contribution in [3.8, 4) is 0 Å². The van der Waals surface area contributed by atoms with Crippen LogP contribution in [0.5, 0.6) is 0 Å². The van der Waals surface area contributed by atoms with Crippen LogP contribution in [-0.4, -0.2) is 25.4 Å². The molecule has 1 fully saturated rings. The number of hydrogen-bond acceptors (Lipinski definition) is 2. The molecule has 0 saturated carbocycles. The summed E-state index contributed by atoms with van der Waals surface area (Å²) >= 11 is 0. The summed E-state index contributed by atoms with van der Waals surface area (Å²) < 4.78 is 24.2. The molecule has 0 radical (unpaired) electrons. The molecule has 1 amide bonds. The zero-order chi connectivity index (χ0) is 13.8. The van der Waals surface area contributed by atoms with Gasteiger partial charge in [-0.1, -0.05) is 6.92 Å². The molecule has 1 aromatic carbocycles. The van der Waals surface area contributed by atoms with Gasteiger partial charge < -0.3 is 10.2 Å². The summed E-state index contributed by atoms with van der Waals surface area (Å²) in [6.07, 6.45) is -0.642. The Bertz CT molecular complexity index is 426. The van der Waals surface area contributed by atoms with Crippen LogP contribution < -0.4 is 10.2 Å². The predicted octanol–water partition coefficient (Wildman–Crippen LogP) is 3.13. The number of benzene rings is 1. The molecule has 1 heterocycles. The fourth-order valence-corrected chi connectivity index (χ4v) is 2.22. The standard InChI is InChI=1S/C14H18F2N2O/c1-10-6-8-18(9-7-10)12-4-2-11(3-5-12)17-14(19)13(15)16/h2-5,10,13H,6-9H2,1H3,(H,17,19). The number of hydrogen-bond donors (Lipinski definition) is 1. The molecule has 0 atom stereocenters. The number of rotatable bonds is 3. The first-order valence-corrected chi connectivity index (χ1v) is 6.50.